The maximum absolute atomic E-state index is 11.3. The van der Waals surface area contributed by atoms with Crippen molar-refractivity contribution in [3.63, 3.8) is 0 Å². The van der Waals surface area contributed by atoms with E-state index < -0.39 is 0 Å². The van der Waals surface area contributed by atoms with E-state index in [2.05, 4.69) is 6.07 Å². The number of esters is 1. The van der Waals surface area contributed by atoms with Crippen LogP contribution < -0.4 is 0 Å². The molecule has 0 aromatic heterocycles. The zero-order valence-corrected chi connectivity index (χ0v) is 19.4. The van der Waals surface area contributed by atoms with Gasteiger partial charge in [0.05, 0.1) is 11.5 Å². The summed E-state index contributed by atoms with van der Waals surface area (Å²) < 4.78 is 4.98. The molecule has 140 valence electrons. The number of nitriles is 1. The largest absolute Gasteiger partial charge is 2.00 e. The average molecular weight is 515 g/mol. The maximum atomic E-state index is 11.3. The summed E-state index contributed by atoms with van der Waals surface area (Å²) in [6.45, 7) is 9.32. The summed E-state index contributed by atoms with van der Waals surface area (Å²) in [5, 5.41) is 8.79. The Bertz CT molecular complexity index is 453. The molecular weight excluding hydrogens is 482 g/mol. The first-order chi connectivity index (χ1) is 11.3. The first kappa shape index (κ1) is 22.7. The summed E-state index contributed by atoms with van der Waals surface area (Å²) in [6, 6.07) is 2.37. The van der Waals surface area contributed by atoms with Crippen LogP contribution in [0, 0.1) is 52.4 Å². The molecule has 0 spiro atoms. The van der Waals surface area contributed by atoms with E-state index in [4.69, 9.17) is 10.00 Å². The fourth-order valence-corrected chi connectivity index (χ4v) is 4.62. The molecule has 4 saturated carbocycles. The summed E-state index contributed by atoms with van der Waals surface area (Å²) in [5.74, 6) is 5.27. The minimum absolute atomic E-state index is 0. The molecular formula is C21H33NO2W. The molecule has 4 bridgehead atoms. The third-order valence-electron chi connectivity index (χ3n) is 6.18. The molecule has 0 aromatic carbocycles. The second kappa shape index (κ2) is 9.55. The van der Waals surface area contributed by atoms with Crippen molar-refractivity contribution >= 4 is 5.97 Å². The molecule has 4 heteroatoms. The second-order valence-electron chi connectivity index (χ2n) is 8.77. The number of hydrogen-bond acceptors (Lipinski definition) is 3. The van der Waals surface area contributed by atoms with Gasteiger partial charge in [0.2, 0.25) is 0 Å². The molecule has 4 aliphatic rings. The fourth-order valence-electron chi connectivity index (χ4n) is 4.62. The van der Waals surface area contributed by atoms with Crippen molar-refractivity contribution < 1.29 is 30.6 Å². The summed E-state index contributed by atoms with van der Waals surface area (Å²) in [6.07, 6.45) is 9.44. The van der Waals surface area contributed by atoms with Crippen LogP contribution in [0.5, 0.6) is 0 Å². The molecule has 0 saturated heterocycles. The number of carbonyl (C=O) groups is 1. The molecule has 0 amide bonds. The van der Waals surface area contributed by atoms with Gasteiger partial charge in [0.1, 0.15) is 0 Å². The minimum atomic E-state index is -0.350. The van der Waals surface area contributed by atoms with E-state index in [9.17, 15) is 4.79 Å². The van der Waals surface area contributed by atoms with Crippen molar-refractivity contribution in [2.24, 2.45) is 29.1 Å². The predicted octanol–water partition coefficient (Wildman–Crippen LogP) is 5.47. The topological polar surface area (TPSA) is 50.1 Å². The Morgan fingerprint density at radius 2 is 1.80 bits per heavy atom. The average Bonchev–Trinajstić information content (AvgIpc) is 2.50. The van der Waals surface area contributed by atoms with Gasteiger partial charge in [0, 0.05) is 6.42 Å². The van der Waals surface area contributed by atoms with Gasteiger partial charge in [-0.15, -0.1) is 12.0 Å². The van der Waals surface area contributed by atoms with Gasteiger partial charge in [0.15, 0.2) is 0 Å². The molecule has 4 rings (SSSR count). The van der Waals surface area contributed by atoms with Crippen LogP contribution in [0.3, 0.4) is 0 Å². The van der Waals surface area contributed by atoms with Crippen LogP contribution in [0.4, 0.5) is 0 Å². The Morgan fingerprint density at radius 3 is 2.20 bits per heavy atom. The quantitative estimate of drug-likeness (QED) is 0.369. The Balaban J connectivity index is 0.000000246. The van der Waals surface area contributed by atoms with Gasteiger partial charge >= 0.3 is 21.1 Å². The normalized spacial score (nSPS) is 30.1. The van der Waals surface area contributed by atoms with E-state index in [1.807, 2.05) is 20.8 Å². The van der Waals surface area contributed by atoms with Crippen molar-refractivity contribution in [1.82, 2.24) is 0 Å². The summed E-state index contributed by atoms with van der Waals surface area (Å²) in [4.78, 5) is 11.3. The van der Waals surface area contributed by atoms with Crippen LogP contribution in [-0.4, -0.2) is 5.97 Å². The smallest absolute Gasteiger partial charge is 0.634 e. The first-order valence-corrected chi connectivity index (χ1v) is 9.50. The third-order valence-corrected chi connectivity index (χ3v) is 6.18. The molecule has 3 atom stereocenters. The number of hydrogen-bond donors (Lipinski definition) is 0. The number of rotatable bonds is 4. The second-order valence-corrected chi connectivity index (χ2v) is 8.77. The minimum Gasteiger partial charge on any atom is -0.634 e. The first-order valence-electron chi connectivity index (χ1n) is 9.50. The van der Waals surface area contributed by atoms with Crippen molar-refractivity contribution in [2.45, 2.75) is 79.6 Å². The van der Waals surface area contributed by atoms with Crippen LogP contribution >= 0.6 is 0 Å². The van der Waals surface area contributed by atoms with Gasteiger partial charge in [-0.25, -0.2) is 0 Å². The van der Waals surface area contributed by atoms with Crippen LogP contribution in [-0.2, 0) is 30.6 Å². The monoisotopic (exact) mass is 515 g/mol. The van der Waals surface area contributed by atoms with Gasteiger partial charge in [0.25, 0.3) is 5.97 Å². The van der Waals surface area contributed by atoms with E-state index in [-0.39, 0.29) is 32.4 Å². The number of carbonyl (C=O) groups excluding carboxylic acids is 1. The number of ether oxygens (including phenoxy) is 1. The molecule has 3 unspecified atom stereocenters. The van der Waals surface area contributed by atoms with E-state index in [0.29, 0.717) is 12.0 Å². The van der Waals surface area contributed by atoms with Crippen LogP contribution in [0.2, 0.25) is 0 Å². The van der Waals surface area contributed by atoms with Gasteiger partial charge in [-0.05, 0) is 20.3 Å². The standard InChI is InChI=1S/C12H16N.C9H17O2.W/c13-2-1-12-10-4-8-3-9(6-10)7-11(12)5-8;1-6-9(4,5)8(10)11-7(2)3;/h8-10,12H,1,3-7H2;6H2,1-5H3;/q2*-1;+2. The SMILES string of the molecule is CCC(C)(C)C(=O)O[C-](C)C.N#CCC1[C-]2CC3CC(C2)CC1C3.[W+2]. The van der Waals surface area contributed by atoms with Crippen molar-refractivity contribution in [3.8, 4) is 6.07 Å². The molecule has 0 aliphatic heterocycles. The van der Waals surface area contributed by atoms with E-state index >= 15 is 0 Å². The Morgan fingerprint density at radius 1 is 1.24 bits per heavy atom. The summed E-state index contributed by atoms with van der Waals surface area (Å²) in [7, 11) is 0. The fraction of sp³-hybridized carbons (Fsp3) is 0.810. The third kappa shape index (κ3) is 5.82. The maximum Gasteiger partial charge on any atom is 2.00 e. The van der Waals surface area contributed by atoms with Gasteiger partial charge < -0.3 is 10.7 Å². The molecule has 0 aromatic rings. The van der Waals surface area contributed by atoms with Gasteiger partial charge in [-0.3, -0.25) is 4.79 Å². The van der Waals surface area contributed by atoms with Crippen molar-refractivity contribution in [1.29, 1.82) is 5.26 Å². The zero-order chi connectivity index (χ0) is 17.9. The molecule has 25 heavy (non-hydrogen) atoms. The predicted molar refractivity (Wildman–Crippen MR) is 95.3 cm³/mol. The summed E-state index contributed by atoms with van der Waals surface area (Å²) >= 11 is 0. The van der Waals surface area contributed by atoms with Crippen molar-refractivity contribution in [2.75, 3.05) is 0 Å². The van der Waals surface area contributed by atoms with Crippen LogP contribution in [0.1, 0.15) is 79.6 Å². The van der Waals surface area contributed by atoms with E-state index in [1.165, 1.54) is 32.1 Å². The molecule has 4 aliphatic carbocycles. The van der Waals surface area contributed by atoms with E-state index in [0.717, 1.165) is 30.6 Å². The molecule has 0 radical (unpaired) electrons. The Kier molecular flexibility index (Phi) is 8.66. The van der Waals surface area contributed by atoms with Gasteiger partial charge in [-0.2, -0.15) is 32.0 Å². The van der Waals surface area contributed by atoms with Crippen LogP contribution in [0.25, 0.3) is 0 Å². The van der Waals surface area contributed by atoms with E-state index in [1.54, 1.807) is 19.8 Å². The van der Waals surface area contributed by atoms with Crippen molar-refractivity contribution in [3.05, 3.63) is 12.0 Å². The Hall–Kier alpha value is -0.352. The molecule has 4 fully saturated rings. The molecule has 3 nitrogen and oxygen atoms in total. The Labute approximate surface area is 168 Å². The van der Waals surface area contributed by atoms with Gasteiger partial charge in [-0.1, -0.05) is 43.9 Å². The zero-order valence-electron chi connectivity index (χ0n) is 16.4. The number of nitrogens with zero attached hydrogens (tertiary/aromatic N) is 1. The molecule has 0 N–H and O–H groups in total. The molecule has 0 heterocycles. The van der Waals surface area contributed by atoms with Crippen LogP contribution in [0.15, 0.2) is 0 Å². The summed E-state index contributed by atoms with van der Waals surface area (Å²) in [5.41, 5.74) is -0.350.